The molecule has 0 aliphatic heterocycles. The highest BCUT2D eigenvalue weighted by Crippen LogP contribution is 2.29. The molecule has 0 saturated carbocycles. The highest BCUT2D eigenvalue weighted by molar-refractivity contribution is 9.10. The Kier molecular flexibility index (Phi) is 4.42. The number of hydrogen-bond acceptors (Lipinski definition) is 3. The van der Waals surface area contributed by atoms with E-state index < -0.39 is 5.97 Å². The fraction of sp³-hybridized carbons (Fsp3) is 0.300. The maximum absolute atomic E-state index is 10.3. The first-order valence-electron chi connectivity index (χ1n) is 4.31. The van der Waals surface area contributed by atoms with Crippen molar-refractivity contribution >= 4 is 21.9 Å². The summed E-state index contributed by atoms with van der Waals surface area (Å²) >= 11 is 3.30. The van der Waals surface area contributed by atoms with Gasteiger partial charge in [-0.3, -0.25) is 4.79 Å². The van der Waals surface area contributed by atoms with Crippen molar-refractivity contribution in [3.8, 4) is 11.5 Å². The van der Waals surface area contributed by atoms with Crippen LogP contribution in [0.5, 0.6) is 11.5 Å². The molecule has 0 radical (unpaired) electrons. The van der Waals surface area contributed by atoms with E-state index in [1.807, 2.05) is 0 Å². The van der Waals surface area contributed by atoms with E-state index in [0.717, 1.165) is 4.47 Å². The van der Waals surface area contributed by atoms with E-state index in [-0.39, 0.29) is 13.0 Å². The number of ether oxygens (including phenoxy) is 2. The molecular formula is C10H11BrO4. The van der Waals surface area contributed by atoms with Crippen LogP contribution in [0.15, 0.2) is 22.7 Å². The monoisotopic (exact) mass is 274 g/mol. The zero-order valence-corrected chi connectivity index (χ0v) is 9.78. The third-order valence-electron chi connectivity index (χ3n) is 1.71. The lowest BCUT2D eigenvalue weighted by Gasteiger charge is -2.08. The third-order valence-corrected chi connectivity index (χ3v) is 2.37. The normalized spacial score (nSPS) is 9.73. The van der Waals surface area contributed by atoms with Crippen LogP contribution in [0.1, 0.15) is 6.42 Å². The Morgan fingerprint density at radius 2 is 2.27 bits per heavy atom. The fourth-order valence-corrected chi connectivity index (χ4v) is 1.33. The predicted molar refractivity (Wildman–Crippen MR) is 58.4 cm³/mol. The average molecular weight is 275 g/mol. The van der Waals surface area contributed by atoms with E-state index >= 15 is 0 Å². The molecule has 0 aliphatic carbocycles. The SMILES string of the molecule is COc1ccc(Br)c(OCCC(=O)O)c1. The molecule has 5 heteroatoms. The van der Waals surface area contributed by atoms with Crippen LogP contribution < -0.4 is 9.47 Å². The highest BCUT2D eigenvalue weighted by atomic mass is 79.9. The minimum Gasteiger partial charge on any atom is -0.497 e. The number of halogens is 1. The summed E-state index contributed by atoms with van der Waals surface area (Å²) < 4.78 is 11.1. The Bertz CT molecular complexity index is 351. The molecule has 0 aliphatic rings. The van der Waals surface area contributed by atoms with E-state index in [0.29, 0.717) is 11.5 Å². The number of rotatable bonds is 5. The van der Waals surface area contributed by atoms with Gasteiger partial charge in [-0.2, -0.15) is 0 Å². The third kappa shape index (κ3) is 3.79. The van der Waals surface area contributed by atoms with Gasteiger partial charge in [0.05, 0.1) is 24.6 Å². The molecule has 0 bridgehead atoms. The first-order chi connectivity index (χ1) is 7.13. The zero-order chi connectivity index (χ0) is 11.3. The van der Waals surface area contributed by atoms with Crippen LogP contribution in [0.2, 0.25) is 0 Å². The number of methoxy groups -OCH3 is 1. The Labute approximate surface area is 95.9 Å². The van der Waals surface area contributed by atoms with Gasteiger partial charge in [0.15, 0.2) is 0 Å². The molecular weight excluding hydrogens is 264 g/mol. The molecule has 1 N–H and O–H groups in total. The summed E-state index contributed by atoms with van der Waals surface area (Å²) in [6.07, 6.45) is -0.0242. The minimum atomic E-state index is -0.881. The van der Waals surface area contributed by atoms with Crippen molar-refractivity contribution in [2.75, 3.05) is 13.7 Å². The second-order valence-electron chi connectivity index (χ2n) is 2.79. The van der Waals surface area contributed by atoms with Crippen LogP contribution in [0.3, 0.4) is 0 Å². The van der Waals surface area contributed by atoms with E-state index in [1.54, 1.807) is 25.3 Å². The second-order valence-corrected chi connectivity index (χ2v) is 3.64. The van der Waals surface area contributed by atoms with Crippen molar-refractivity contribution in [2.24, 2.45) is 0 Å². The van der Waals surface area contributed by atoms with Gasteiger partial charge in [-0.25, -0.2) is 0 Å². The molecule has 82 valence electrons. The summed E-state index contributed by atoms with van der Waals surface area (Å²) in [4.78, 5) is 10.3. The van der Waals surface area contributed by atoms with E-state index in [2.05, 4.69) is 15.9 Å². The fourth-order valence-electron chi connectivity index (χ4n) is 0.970. The summed E-state index contributed by atoms with van der Waals surface area (Å²) in [7, 11) is 1.56. The molecule has 1 aromatic carbocycles. The molecule has 1 aromatic rings. The quantitative estimate of drug-likeness (QED) is 0.895. The molecule has 0 saturated heterocycles. The Balaban J connectivity index is 2.62. The molecule has 0 fully saturated rings. The number of carbonyl (C=O) groups is 1. The van der Waals surface area contributed by atoms with Gasteiger partial charge < -0.3 is 14.6 Å². The highest BCUT2D eigenvalue weighted by Gasteiger charge is 2.04. The van der Waals surface area contributed by atoms with Crippen LogP contribution in [-0.2, 0) is 4.79 Å². The standard InChI is InChI=1S/C10H11BrO4/c1-14-7-2-3-8(11)9(6-7)15-5-4-10(12)13/h2-3,6H,4-5H2,1H3,(H,12,13). The lowest BCUT2D eigenvalue weighted by atomic mass is 10.3. The summed E-state index contributed by atoms with van der Waals surface area (Å²) in [5, 5.41) is 8.45. The molecule has 0 heterocycles. The summed E-state index contributed by atoms with van der Waals surface area (Å²) in [5.41, 5.74) is 0. The number of benzene rings is 1. The van der Waals surface area contributed by atoms with Crippen molar-refractivity contribution in [1.82, 2.24) is 0 Å². The van der Waals surface area contributed by atoms with Crippen molar-refractivity contribution in [3.05, 3.63) is 22.7 Å². The molecule has 0 amide bonds. The van der Waals surface area contributed by atoms with Gasteiger partial charge in [0.2, 0.25) is 0 Å². The maximum Gasteiger partial charge on any atom is 0.306 e. The van der Waals surface area contributed by atoms with E-state index in [4.69, 9.17) is 14.6 Å². The number of carboxylic acid groups (broad SMARTS) is 1. The van der Waals surface area contributed by atoms with Gasteiger partial charge in [-0.1, -0.05) is 0 Å². The number of carboxylic acids is 1. The Hall–Kier alpha value is -1.23. The predicted octanol–water partition coefficient (Wildman–Crippen LogP) is 2.31. The summed E-state index contributed by atoms with van der Waals surface area (Å²) in [6.45, 7) is 0.140. The van der Waals surface area contributed by atoms with Crippen molar-refractivity contribution in [2.45, 2.75) is 6.42 Å². The largest absolute Gasteiger partial charge is 0.497 e. The lowest BCUT2D eigenvalue weighted by Crippen LogP contribution is -2.05. The minimum absolute atomic E-state index is 0.0242. The van der Waals surface area contributed by atoms with Gasteiger partial charge in [-0.05, 0) is 28.1 Å². The van der Waals surface area contributed by atoms with Crippen molar-refractivity contribution < 1.29 is 19.4 Å². The van der Waals surface area contributed by atoms with Crippen molar-refractivity contribution in [1.29, 1.82) is 0 Å². The van der Waals surface area contributed by atoms with Gasteiger partial charge in [0.1, 0.15) is 11.5 Å². The van der Waals surface area contributed by atoms with Gasteiger partial charge in [0, 0.05) is 6.07 Å². The molecule has 4 nitrogen and oxygen atoms in total. The summed E-state index contributed by atoms with van der Waals surface area (Å²) in [5.74, 6) is 0.369. The topological polar surface area (TPSA) is 55.8 Å². The molecule has 1 rings (SSSR count). The van der Waals surface area contributed by atoms with Gasteiger partial charge >= 0.3 is 5.97 Å². The lowest BCUT2D eigenvalue weighted by molar-refractivity contribution is -0.137. The molecule has 0 aromatic heterocycles. The van der Waals surface area contributed by atoms with Crippen LogP contribution in [0, 0.1) is 0 Å². The smallest absolute Gasteiger partial charge is 0.306 e. The summed E-state index contributed by atoms with van der Waals surface area (Å²) in [6, 6.07) is 5.27. The first kappa shape index (κ1) is 11.8. The van der Waals surface area contributed by atoms with E-state index in [1.165, 1.54) is 0 Å². The van der Waals surface area contributed by atoms with Gasteiger partial charge in [0.25, 0.3) is 0 Å². The number of hydrogen-bond donors (Lipinski definition) is 1. The van der Waals surface area contributed by atoms with Crippen LogP contribution >= 0.6 is 15.9 Å². The van der Waals surface area contributed by atoms with E-state index in [9.17, 15) is 4.79 Å². The van der Waals surface area contributed by atoms with Crippen LogP contribution in [0.4, 0.5) is 0 Å². The Morgan fingerprint density at radius 1 is 1.53 bits per heavy atom. The average Bonchev–Trinajstić information content (AvgIpc) is 2.20. The van der Waals surface area contributed by atoms with Gasteiger partial charge in [-0.15, -0.1) is 0 Å². The molecule has 0 unspecified atom stereocenters. The first-order valence-corrected chi connectivity index (χ1v) is 5.11. The molecule has 0 atom stereocenters. The van der Waals surface area contributed by atoms with Crippen LogP contribution in [0.25, 0.3) is 0 Å². The Morgan fingerprint density at radius 3 is 2.87 bits per heavy atom. The second kappa shape index (κ2) is 5.60. The zero-order valence-electron chi connectivity index (χ0n) is 8.20. The number of aliphatic carboxylic acids is 1. The van der Waals surface area contributed by atoms with Crippen molar-refractivity contribution in [3.63, 3.8) is 0 Å². The van der Waals surface area contributed by atoms with Crippen LogP contribution in [-0.4, -0.2) is 24.8 Å². The maximum atomic E-state index is 10.3. The molecule has 15 heavy (non-hydrogen) atoms. The molecule has 0 spiro atoms.